The number of imidazole rings is 1. The van der Waals surface area contributed by atoms with Crippen LogP contribution >= 0.6 is 11.3 Å². The van der Waals surface area contributed by atoms with E-state index in [2.05, 4.69) is 56.2 Å². The van der Waals surface area contributed by atoms with Gasteiger partial charge in [0, 0.05) is 31.4 Å². The number of rotatable bonds is 5. The Morgan fingerprint density at radius 2 is 2.00 bits per heavy atom. The van der Waals surface area contributed by atoms with Crippen LogP contribution in [0.4, 0.5) is 10.8 Å². The number of aromatic nitrogens is 3. The first-order valence-corrected chi connectivity index (χ1v) is 12.6. The number of nitrogens with zero attached hydrogens (tertiary/aromatic N) is 4. The Morgan fingerprint density at radius 3 is 2.88 bits per heavy atom. The molecule has 2 atom stereocenters. The minimum absolute atomic E-state index is 0.188. The quantitative estimate of drug-likeness (QED) is 0.461. The topological polar surface area (TPSA) is 75.4 Å². The SMILES string of the molecule is OC1CCCC(Nc2nc3ccc(Cn4cnc5cc(N6CCOCC6)ccc54)cc3s2)C1. The Kier molecular flexibility index (Phi) is 5.65. The number of ether oxygens (including phenoxy) is 1. The van der Waals surface area contributed by atoms with E-state index < -0.39 is 0 Å². The van der Waals surface area contributed by atoms with Crippen molar-refractivity contribution in [1.29, 1.82) is 0 Å². The number of nitrogens with one attached hydrogen (secondary N) is 1. The lowest BCUT2D eigenvalue weighted by Gasteiger charge is -2.28. The molecule has 172 valence electrons. The maximum Gasteiger partial charge on any atom is 0.184 e. The van der Waals surface area contributed by atoms with Crippen molar-refractivity contribution in [2.24, 2.45) is 0 Å². The number of aliphatic hydroxyl groups is 1. The molecule has 2 N–H and O–H groups in total. The fourth-order valence-electron chi connectivity index (χ4n) is 4.99. The predicted octanol–water partition coefficient (Wildman–Crippen LogP) is 4.25. The van der Waals surface area contributed by atoms with Crippen LogP contribution in [0.5, 0.6) is 0 Å². The maximum atomic E-state index is 9.94. The van der Waals surface area contributed by atoms with E-state index in [9.17, 15) is 5.11 Å². The molecule has 3 heterocycles. The molecule has 4 aromatic rings. The number of aliphatic hydroxyl groups excluding tert-OH is 1. The molecule has 2 unspecified atom stereocenters. The van der Waals surface area contributed by atoms with Gasteiger partial charge in [-0.15, -0.1) is 0 Å². The molecule has 0 bridgehead atoms. The highest BCUT2D eigenvalue weighted by Crippen LogP contribution is 2.30. The van der Waals surface area contributed by atoms with Gasteiger partial charge in [-0.05, 0) is 61.6 Å². The summed E-state index contributed by atoms with van der Waals surface area (Å²) in [5.74, 6) is 0. The van der Waals surface area contributed by atoms with E-state index in [1.54, 1.807) is 11.3 Å². The Hall–Kier alpha value is -2.68. The van der Waals surface area contributed by atoms with Crippen molar-refractivity contribution in [3.05, 3.63) is 48.3 Å². The third-order valence-electron chi connectivity index (χ3n) is 6.76. The van der Waals surface area contributed by atoms with Crippen LogP contribution in [0.1, 0.15) is 31.2 Å². The molecule has 0 radical (unpaired) electrons. The summed E-state index contributed by atoms with van der Waals surface area (Å²) in [4.78, 5) is 11.8. The summed E-state index contributed by atoms with van der Waals surface area (Å²) in [7, 11) is 0. The molecule has 1 saturated heterocycles. The van der Waals surface area contributed by atoms with Gasteiger partial charge in [-0.3, -0.25) is 0 Å². The smallest absolute Gasteiger partial charge is 0.184 e. The number of hydrogen-bond donors (Lipinski definition) is 2. The normalized spacial score (nSPS) is 21.7. The van der Waals surface area contributed by atoms with E-state index in [0.717, 1.165) is 80.2 Å². The zero-order valence-electron chi connectivity index (χ0n) is 18.6. The molecule has 0 spiro atoms. The first-order valence-electron chi connectivity index (χ1n) is 11.8. The molecule has 1 aliphatic heterocycles. The van der Waals surface area contributed by atoms with Gasteiger partial charge in [0.25, 0.3) is 0 Å². The molecule has 1 aliphatic carbocycles. The van der Waals surface area contributed by atoms with Gasteiger partial charge in [0.05, 0.1) is 46.9 Å². The minimum Gasteiger partial charge on any atom is -0.393 e. The largest absolute Gasteiger partial charge is 0.393 e. The van der Waals surface area contributed by atoms with E-state index in [0.29, 0.717) is 6.04 Å². The Bertz CT molecular complexity index is 1260. The van der Waals surface area contributed by atoms with Crippen LogP contribution in [0.15, 0.2) is 42.7 Å². The van der Waals surface area contributed by atoms with Gasteiger partial charge in [-0.25, -0.2) is 9.97 Å². The first-order chi connectivity index (χ1) is 16.2. The lowest BCUT2D eigenvalue weighted by atomic mass is 9.93. The fraction of sp³-hybridized carbons (Fsp3) is 0.440. The molecule has 2 aromatic heterocycles. The minimum atomic E-state index is -0.188. The van der Waals surface area contributed by atoms with E-state index >= 15 is 0 Å². The van der Waals surface area contributed by atoms with Gasteiger partial charge in [0.15, 0.2) is 5.13 Å². The van der Waals surface area contributed by atoms with Gasteiger partial charge in [0.1, 0.15) is 0 Å². The van der Waals surface area contributed by atoms with Crippen LogP contribution in [0.3, 0.4) is 0 Å². The van der Waals surface area contributed by atoms with E-state index in [4.69, 9.17) is 9.72 Å². The Labute approximate surface area is 197 Å². The molecule has 8 heteroatoms. The molecular weight excluding hydrogens is 434 g/mol. The van der Waals surface area contributed by atoms with Crippen molar-refractivity contribution < 1.29 is 9.84 Å². The average Bonchev–Trinajstić information content (AvgIpc) is 3.42. The van der Waals surface area contributed by atoms with E-state index in [1.807, 2.05) is 6.33 Å². The lowest BCUT2D eigenvalue weighted by Crippen LogP contribution is -2.36. The monoisotopic (exact) mass is 463 g/mol. The number of fused-ring (bicyclic) bond motifs is 2. The highest BCUT2D eigenvalue weighted by Gasteiger charge is 2.21. The second-order valence-electron chi connectivity index (χ2n) is 9.13. The summed E-state index contributed by atoms with van der Waals surface area (Å²) < 4.78 is 8.87. The lowest BCUT2D eigenvalue weighted by molar-refractivity contribution is 0.122. The van der Waals surface area contributed by atoms with Crippen LogP contribution in [0, 0.1) is 0 Å². The molecule has 6 rings (SSSR count). The second-order valence-corrected chi connectivity index (χ2v) is 10.2. The fourth-order valence-corrected chi connectivity index (χ4v) is 6.00. The van der Waals surface area contributed by atoms with Crippen LogP contribution in [0.25, 0.3) is 21.3 Å². The van der Waals surface area contributed by atoms with Gasteiger partial charge >= 0.3 is 0 Å². The molecule has 2 aliphatic rings. The summed E-state index contributed by atoms with van der Waals surface area (Å²) in [6.07, 6.45) is 5.64. The van der Waals surface area contributed by atoms with Crippen molar-refractivity contribution in [1.82, 2.24) is 14.5 Å². The van der Waals surface area contributed by atoms with Crippen LogP contribution < -0.4 is 10.2 Å². The molecule has 1 saturated carbocycles. The van der Waals surface area contributed by atoms with Crippen molar-refractivity contribution in [2.75, 3.05) is 36.5 Å². The highest BCUT2D eigenvalue weighted by atomic mass is 32.1. The van der Waals surface area contributed by atoms with E-state index in [-0.39, 0.29) is 6.10 Å². The second kappa shape index (κ2) is 8.93. The number of anilines is 2. The molecule has 0 amide bonds. The van der Waals surface area contributed by atoms with Crippen molar-refractivity contribution >= 4 is 43.4 Å². The Balaban J connectivity index is 1.19. The van der Waals surface area contributed by atoms with Gasteiger partial charge < -0.3 is 24.6 Å². The number of benzene rings is 2. The number of hydrogen-bond acceptors (Lipinski definition) is 7. The predicted molar refractivity (Wildman–Crippen MR) is 133 cm³/mol. The summed E-state index contributed by atoms with van der Waals surface area (Å²) in [5, 5.41) is 14.4. The third-order valence-corrected chi connectivity index (χ3v) is 7.71. The van der Waals surface area contributed by atoms with Gasteiger partial charge in [0.2, 0.25) is 0 Å². The standard InChI is InChI=1S/C25H29N5O2S/c31-20-3-1-2-18(13-20)27-25-28-21-6-4-17(12-24(21)33-25)15-30-16-26-22-14-19(5-7-23(22)30)29-8-10-32-11-9-29/h4-7,12,14,16,18,20,31H,1-3,8-11,13,15H2,(H,27,28). The number of morpholine rings is 1. The summed E-state index contributed by atoms with van der Waals surface area (Å²) >= 11 is 1.70. The third kappa shape index (κ3) is 4.43. The maximum absolute atomic E-state index is 9.94. The molecule has 33 heavy (non-hydrogen) atoms. The summed E-state index contributed by atoms with van der Waals surface area (Å²) in [5.41, 5.74) is 5.65. The van der Waals surface area contributed by atoms with Crippen molar-refractivity contribution in [3.8, 4) is 0 Å². The van der Waals surface area contributed by atoms with Crippen molar-refractivity contribution in [3.63, 3.8) is 0 Å². The van der Waals surface area contributed by atoms with Crippen LogP contribution in [-0.2, 0) is 11.3 Å². The van der Waals surface area contributed by atoms with E-state index in [1.165, 1.54) is 16.0 Å². The summed E-state index contributed by atoms with van der Waals surface area (Å²) in [6, 6.07) is 13.4. The van der Waals surface area contributed by atoms with Crippen LogP contribution in [-0.4, -0.2) is 58.1 Å². The van der Waals surface area contributed by atoms with Crippen LogP contribution in [0.2, 0.25) is 0 Å². The van der Waals surface area contributed by atoms with Gasteiger partial charge in [-0.1, -0.05) is 17.4 Å². The average molecular weight is 464 g/mol. The molecular formula is C25H29N5O2S. The van der Waals surface area contributed by atoms with Crippen molar-refractivity contribution in [2.45, 2.75) is 44.4 Å². The molecule has 7 nitrogen and oxygen atoms in total. The van der Waals surface area contributed by atoms with Gasteiger partial charge in [-0.2, -0.15) is 0 Å². The molecule has 2 fully saturated rings. The highest BCUT2D eigenvalue weighted by molar-refractivity contribution is 7.22. The Morgan fingerprint density at radius 1 is 1.09 bits per heavy atom. The first kappa shape index (κ1) is 20.9. The number of thiazole rings is 1. The summed E-state index contributed by atoms with van der Waals surface area (Å²) in [6.45, 7) is 4.20. The molecule has 2 aromatic carbocycles. The zero-order chi connectivity index (χ0) is 22.2. The zero-order valence-corrected chi connectivity index (χ0v) is 19.4.